The van der Waals surface area contributed by atoms with Crippen LogP contribution in [-0.4, -0.2) is 35.8 Å². The minimum absolute atomic E-state index is 0.130. The number of amides is 3. The predicted octanol–water partition coefficient (Wildman–Crippen LogP) is 1.25. The molecule has 1 spiro atoms. The molecule has 7 heteroatoms. The summed E-state index contributed by atoms with van der Waals surface area (Å²) < 4.78 is 5.19. The number of imide groups is 1. The molecule has 5 rings (SSSR count). The second kappa shape index (κ2) is 6.92. The van der Waals surface area contributed by atoms with Gasteiger partial charge >= 0.3 is 0 Å². The van der Waals surface area contributed by atoms with Crippen LogP contribution in [0.4, 0.5) is 5.69 Å². The van der Waals surface area contributed by atoms with Crippen LogP contribution in [0.5, 0.6) is 5.75 Å². The Bertz CT molecular complexity index is 1080. The van der Waals surface area contributed by atoms with Gasteiger partial charge in [-0.1, -0.05) is 44.2 Å². The van der Waals surface area contributed by atoms with Crippen molar-refractivity contribution in [1.82, 2.24) is 4.90 Å². The van der Waals surface area contributed by atoms with Crippen molar-refractivity contribution in [1.29, 1.82) is 0 Å². The molecule has 0 bridgehead atoms. The first-order chi connectivity index (χ1) is 14.9. The minimum Gasteiger partial charge on any atom is -0.497 e. The van der Waals surface area contributed by atoms with Crippen LogP contribution in [-0.2, 0) is 26.5 Å². The third kappa shape index (κ3) is 2.66. The van der Waals surface area contributed by atoms with Gasteiger partial charge in [-0.05, 0) is 23.8 Å². The molecule has 160 valence electrons. The van der Waals surface area contributed by atoms with Gasteiger partial charge in [-0.2, -0.15) is 0 Å². The average Bonchev–Trinajstić information content (AvgIpc) is 3.35. The Kier molecular flexibility index (Phi) is 4.41. The number of ether oxygens (including phenoxy) is 1. The quantitative estimate of drug-likeness (QED) is 0.728. The number of carbonyl (C=O) groups excluding carboxylic acids is 3. The molecule has 3 aliphatic rings. The molecule has 7 nitrogen and oxygen atoms in total. The predicted molar refractivity (Wildman–Crippen MR) is 113 cm³/mol. The van der Waals surface area contributed by atoms with Gasteiger partial charge in [-0.25, -0.2) is 0 Å². The summed E-state index contributed by atoms with van der Waals surface area (Å²) in [5, 5.41) is 4.93. The highest BCUT2D eigenvalue weighted by atomic mass is 16.5. The maximum Gasteiger partial charge on any atom is 0.291 e. The fraction of sp³-hybridized carbons (Fsp3) is 0.375. The van der Waals surface area contributed by atoms with E-state index in [-0.39, 0.29) is 36.2 Å². The zero-order chi connectivity index (χ0) is 21.9. The molecule has 3 aliphatic heterocycles. The zero-order valence-corrected chi connectivity index (χ0v) is 17.8. The van der Waals surface area contributed by atoms with Crippen molar-refractivity contribution >= 4 is 23.4 Å². The number of methoxy groups -OCH3 is 1. The summed E-state index contributed by atoms with van der Waals surface area (Å²) in [4.78, 5) is 41.9. The summed E-state index contributed by atoms with van der Waals surface area (Å²) in [5.41, 5.74) is 1.27. The number of quaternary nitrogens is 1. The van der Waals surface area contributed by atoms with Crippen LogP contribution < -0.4 is 15.4 Å². The van der Waals surface area contributed by atoms with E-state index in [1.807, 2.05) is 67.7 Å². The van der Waals surface area contributed by atoms with E-state index in [9.17, 15) is 14.4 Å². The molecule has 2 aromatic rings. The molecule has 0 unspecified atom stereocenters. The van der Waals surface area contributed by atoms with Crippen molar-refractivity contribution in [3.63, 3.8) is 0 Å². The SMILES string of the molecule is COc1ccc(CN2C(=O)[C@@H]3[C@H](C(C)C)[NH2+][C@@]4(C(=O)Nc5ccccc54)[C@H]3C2=O)cc1. The lowest BCUT2D eigenvalue weighted by Gasteiger charge is -2.27. The van der Waals surface area contributed by atoms with Crippen LogP contribution >= 0.6 is 0 Å². The largest absolute Gasteiger partial charge is 0.497 e. The molecule has 0 aromatic heterocycles. The topological polar surface area (TPSA) is 92.3 Å². The molecule has 2 fully saturated rings. The van der Waals surface area contributed by atoms with Crippen molar-refractivity contribution in [3.8, 4) is 5.75 Å². The van der Waals surface area contributed by atoms with Crippen LogP contribution in [0.1, 0.15) is 25.0 Å². The molecule has 2 saturated heterocycles. The van der Waals surface area contributed by atoms with E-state index in [4.69, 9.17) is 4.74 Å². The number of benzene rings is 2. The Morgan fingerprint density at radius 1 is 1.06 bits per heavy atom. The van der Waals surface area contributed by atoms with Gasteiger partial charge in [0, 0.05) is 11.5 Å². The highest BCUT2D eigenvalue weighted by molar-refractivity contribution is 6.13. The van der Waals surface area contributed by atoms with Gasteiger partial charge in [-0.3, -0.25) is 19.3 Å². The van der Waals surface area contributed by atoms with Crippen LogP contribution in [0.15, 0.2) is 48.5 Å². The number of likely N-dealkylation sites (tertiary alicyclic amines) is 1. The maximum absolute atomic E-state index is 13.7. The van der Waals surface area contributed by atoms with Crippen molar-refractivity contribution in [2.24, 2.45) is 17.8 Å². The van der Waals surface area contributed by atoms with Crippen molar-refractivity contribution in [2.45, 2.75) is 32.0 Å². The van der Waals surface area contributed by atoms with Crippen LogP contribution in [0.25, 0.3) is 0 Å². The fourth-order valence-corrected chi connectivity index (χ4v) is 5.58. The summed E-state index contributed by atoms with van der Waals surface area (Å²) in [5.74, 6) is -1.05. The molecule has 0 saturated carbocycles. The number of hydrogen-bond acceptors (Lipinski definition) is 4. The summed E-state index contributed by atoms with van der Waals surface area (Å²) in [7, 11) is 1.59. The lowest BCUT2D eigenvalue weighted by molar-refractivity contribution is -0.738. The normalized spacial score (nSPS) is 29.0. The third-order valence-corrected chi connectivity index (χ3v) is 7.07. The molecule has 4 atom stereocenters. The number of fused-ring (bicyclic) bond motifs is 4. The van der Waals surface area contributed by atoms with Crippen LogP contribution in [0, 0.1) is 17.8 Å². The number of rotatable bonds is 4. The van der Waals surface area contributed by atoms with Gasteiger partial charge in [0.1, 0.15) is 23.6 Å². The lowest BCUT2D eigenvalue weighted by Crippen LogP contribution is -2.99. The Morgan fingerprint density at radius 3 is 2.45 bits per heavy atom. The summed E-state index contributed by atoms with van der Waals surface area (Å²) in [6.45, 7) is 4.28. The highest BCUT2D eigenvalue weighted by Gasteiger charge is 2.74. The molecule has 0 radical (unpaired) electrons. The number of hydrogen-bond donors (Lipinski definition) is 2. The number of nitrogens with zero attached hydrogens (tertiary/aromatic N) is 1. The van der Waals surface area contributed by atoms with Gasteiger partial charge in [-0.15, -0.1) is 0 Å². The number of carbonyl (C=O) groups is 3. The van der Waals surface area contributed by atoms with Gasteiger partial charge in [0.2, 0.25) is 17.4 Å². The standard InChI is InChI=1S/C24H25N3O4/c1-13(2)20-18-19(24(26-20)16-6-4-5-7-17(16)25-23(24)30)22(29)27(21(18)28)12-14-8-10-15(31-3)11-9-14/h4-11,13,18-20,26H,12H2,1-3H3,(H,25,30)/p+1/t18-,19+,20-,24+/m0/s1. The Labute approximate surface area is 180 Å². The van der Waals surface area contributed by atoms with Crippen molar-refractivity contribution in [2.75, 3.05) is 12.4 Å². The monoisotopic (exact) mass is 420 g/mol. The number of anilines is 1. The Hall–Kier alpha value is -3.19. The maximum atomic E-state index is 13.7. The average molecular weight is 420 g/mol. The van der Waals surface area contributed by atoms with E-state index < -0.39 is 17.4 Å². The van der Waals surface area contributed by atoms with Gasteiger partial charge in [0.15, 0.2) is 0 Å². The Balaban J connectivity index is 1.56. The van der Waals surface area contributed by atoms with Gasteiger partial charge in [0.25, 0.3) is 5.91 Å². The molecule has 31 heavy (non-hydrogen) atoms. The van der Waals surface area contributed by atoms with E-state index in [1.165, 1.54) is 4.90 Å². The van der Waals surface area contributed by atoms with E-state index in [2.05, 4.69) is 5.32 Å². The first-order valence-corrected chi connectivity index (χ1v) is 10.6. The summed E-state index contributed by atoms with van der Waals surface area (Å²) >= 11 is 0. The van der Waals surface area contributed by atoms with E-state index in [0.29, 0.717) is 5.75 Å². The number of para-hydroxylation sites is 1. The lowest BCUT2D eigenvalue weighted by atomic mass is 9.76. The van der Waals surface area contributed by atoms with Crippen LogP contribution in [0.2, 0.25) is 0 Å². The number of nitrogens with two attached hydrogens (primary N) is 1. The van der Waals surface area contributed by atoms with Gasteiger partial charge < -0.3 is 15.4 Å². The highest BCUT2D eigenvalue weighted by Crippen LogP contribution is 2.50. The molecular weight excluding hydrogens is 394 g/mol. The van der Waals surface area contributed by atoms with Crippen molar-refractivity contribution < 1.29 is 24.4 Å². The minimum atomic E-state index is -1.10. The second-order valence-corrected chi connectivity index (χ2v) is 8.97. The smallest absolute Gasteiger partial charge is 0.291 e. The van der Waals surface area contributed by atoms with E-state index in [0.717, 1.165) is 16.8 Å². The van der Waals surface area contributed by atoms with E-state index in [1.54, 1.807) is 7.11 Å². The zero-order valence-electron chi connectivity index (χ0n) is 17.8. The fourth-order valence-electron chi connectivity index (χ4n) is 5.58. The molecular formula is C24H26N3O4+. The third-order valence-electron chi connectivity index (χ3n) is 7.07. The molecule has 0 aliphatic carbocycles. The molecule has 3 amide bonds. The summed E-state index contributed by atoms with van der Waals surface area (Å²) in [6, 6.07) is 14.7. The first kappa shape index (κ1) is 19.8. The van der Waals surface area contributed by atoms with Crippen molar-refractivity contribution in [3.05, 3.63) is 59.7 Å². The molecule has 3 N–H and O–H groups in total. The van der Waals surface area contributed by atoms with E-state index >= 15 is 0 Å². The first-order valence-electron chi connectivity index (χ1n) is 10.6. The number of nitrogens with one attached hydrogen (secondary N) is 1. The Morgan fingerprint density at radius 2 is 1.77 bits per heavy atom. The van der Waals surface area contributed by atoms with Gasteiger partial charge in [0.05, 0.1) is 19.3 Å². The summed E-state index contributed by atoms with van der Waals surface area (Å²) in [6.07, 6.45) is 0. The molecule has 3 heterocycles. The van der Waals surface area contributed by atoms with Crippen LogP contribution in [0.3, 0.4) is 0 Å². The molecule has 2 aromatic carbocycles. The second-order valence-electron chi connectivity index (χ2n) is 8.97.